The first-order valence-electron chi connectivity index (χ1n) is 3.46. The number of hydrogen-bond donors (Lipinski definition) is 1. The molecule has 1 aliphatic heterocycles. The van der Waals surface area contributed by atoms with Gasteiger partial charge in [0.05, 0.1) is 6.54 Å². The molecular weight excluding hydrogens is 162 g/mol. The van der Waals surface area contributed by atoms with Crippen LogP contribution in [0, 0.1) is 11.6 Å². The van der Waals surface area contributed by atoms with Gasteiger partial charge in [-0.05, 0) is 17.7 Å². The average molecular weight is 168 g/mol. The van der Waals surface area contributed by atoms with Crippen LogP contribution in [0.5, 0.6) is 0 Å². The van der Waals surface area contributed by atoms with Gasteiger partial charge in [0.15, 0.2) is 11.6 Å². The number of fused-ring (bicyclic) bond motifs is 1. The number of hydrogen-bond acceptors (Lipinski definition) is 2. The topological polar surface area (TPSA) is 38.4 Å². The van der Waals surface area contributed by atoms with Crippen molar-refractivity contribution in [2.75, 3.05) is 0 Å². The smallest absolute Gasteiger partial charge is 0.159 e. The van der Waals surface area contributed by atoms with Crippen molar-refractivity contribution >= 4 is 5.84 Å². The molecular formula is C8H6F2N2. The minimum Gasteiger partial charge on any atom is -0.383 e. The lowest BCUT2D eigenvalue weighted by Crippen LogP contribution is -2.11. The summed E-state index contributed by atoms with van der Waals surface area (Å²) in [5.74, 6) is -1.45. The van der Waals surface area contributed by atoms with Crippen molar-refractivity contribution in [3.63, 3.8) is 0 Å². The van der Waals surface area contributed by atoms with Gasteiger partial charge in [-0.1, -0.05) is 0 Å². The number of benzene rings is 1. The summed E-state index contributed by atoms with van der Waals surface area (Å²) in [6, 6.07) is 2.21. The molecule has 0 aromatic heterocycles. The summed E-state index contributed by atoms with van der Waals surface area (Å²) in [4.78, 5) is 3.85. The normalized spacial score (nSPS) is 14.3. The molecule has 0 saturated heterocycles. The van der Waals surface area contributed by atoms with Crippen molar-refractivity contribution in [1.82, 2.24) is 0 Å². The third kappa shape index (κ3) is 0.879. The van der Waals surface area contributed by atoms with Gasteiger partial charge in [-0.25, -0.2) is 8.78 Å². The Kier molecular flexibility index (Phi) is 1.36. The number of amidine groups is 1. The maximum Gasteiger partial charge on any atom is 0.159 e. The van der Waals surface area contributed by atoms with Crippen LogP contribution >= 0.6 is 0 Å². The van der Waals surface area contributed by atoms with E-state index in [0.29, 0.717) is 17.7 Å². The second-order valence-corrected chi connectivity index (χ2v) is 2.62. The molecule has 1 heterocycles. The van der Waals surface area contributed by atoms with Gasteiger partial charge in [-0.15, -0.1) is 0 Å². The molecule has 0 amide bonds. The second-order valence-electron chi connectivity index (χ2n) is 2.62. The molecule has 0 atom stereocenters. The van der Waals surface area contributed by atoms with Crippen molar-refractivity contribution < 1.29 is 8.78 Å². The fraction of sp³-hybridized carbons (Fsp3) is 0.125. The Balaban J connectivity index is 2.63. The third-order valence-electron chi connectivity index (χ3n) is 1.84. The standard InChI is InChI=1S/C8H6F2N2/c9-6-1-4-3-12-8(11)5(4)2-7(6)10/h1-2H,3H2,(H2,11,12). The highest BCUT2D eigenvalue weighted by molar-refractivity contribution is 6.00. The third-order valence-corrected chi connectivity index (χ3v) is 1.84. The van der Waals surface area contributed by atoms with Crippen LogP contribution in [-0.2, 0) is 6.54 Å². The van der Waals surface area contributed by atoms with Crippen molar-refractivity contribution in [1.29, 1.82) is 0 Å². The molecule has 1 aliphatic rings. The zero-order valence-electron chi connectivity index (χ0n) is 6.14. The summed E-state index contributed by atoms with van der Waals surface area (Å²) in [7, 11) is 0. The van der Waals surface area contributed by atoms with Gasteiger partial charge in [-0.3, -0.25) is 4.99 Å². The number of nitrogens with two attached hydrogens (primary N) is 1. The van der Waals surface area contributed by atoms with Crippen LogP contribution < -0.4 is 5.73 Å². The molecule has 0 saturated carbocycles. The highest BCUT2D eigenvalue weighted by atomic mass is 19.2. The maximum atomic E-state index is 12.7. The molecule has 0 spiro atoms. The monoisotopic (exact) mass is 168 g/mol. The number of rotatable bonds is 0. The Bertz CT molecular complexity index is 372. The second kappa shape index (κ2) is 2.27. The Morgan fingerprint density at radius 1 is 1.25 bits per heavy atom. The molecule has 62 valence electrons. The van der Waals surface area contributed by atoms with E-state index in [4.69, 9.17) is 5.73 Å². The highest BCUT2D eigenvalue weighted by Gasteiger charge is 2.16. The Labute approximate surface area is 67.7 Å². The summed E-state index contributed by atoms with van der Waals surface area (Å²) in [6.45, 7) is 0.346. The van der Waals surface area contributed by atoms with Crippen LogP contribution in [0.3, 0.4) is 0 Å². The summed E-state index contributed by atoms with van der Waals surface area (Å²) in [5.41, 5.74) is 6.58. The van der Waals surface area contributed by atoms with E-state index in [-0.39, 0.29) is 5.84 Å². The van der Waals surface area contributed by atoms with E-state index in [2.05, 4.69) is 4.99 Å². The molecule has 4 heteroatoms. The van der Waals surface area contributed by atoms with E-state index in [1.165, 1.54) is 0 Å². The molecule has 2 N–H and O–H groups in total. The van der Waals surface area contributed by atoms with Crippen LogP contribution in [0.15, 0.2) is 17.1 Å². The summed E-state index contributed by atoms with van der Waals surface area (Å²) in [5, 5.41) is 0. The van der Waals surface area contributed by atoms with Crippen LogP contribution in [0.25, 0.3) is 0 Å². The van der Waals surface area contributed by atoms with Crippen LogP contribution in [0.4, 0.5) is 8.78 Å². The van der Waals surface area contributed by atoms with Gasteiger partial charge in [0.25, 0.3) is 0 Å². The van der Waals surface area contributed by atoms with E-state index >= 15 is 0 Å². The quantitative estimate of drug-likeness (QED) is 0.620. The molecule has 2 nitrogen and oxygen atoms in total. The lowest BCUT2D eigenvalue weighted by Gasteiger charge is -1.99. The van der Waals surface area contributed by atoms with E-state index in [9.17, 15) is 8.78 Å². The van der Waals surface area contributed by atoms with Gasteiger partial charge in [0.1, 0.15) is 5.84 Å². The highest BCUT2D eigenvalue weighted by Crippen LogP contribution is 2.20. The fourth-order valence-corrected chi connectivity index (χ4v) is 1.21. The van der Waals surface area contributed by atoms with Crippen LogP contribution in [0.1, 0.15) is 11.1 Å². The van der Waals surface area contributed by atoms with Gasteiger partial charge >= 0.3 is 0 Å². The van der Waals surface area contributed by atoms with Crippen LogP contribution in [-0.4, -0.2) is 5.84 Å². The molecule has 1 aromatic carbocycles. The fourth-order valence-electron chi connectivity index (χ4n) is 1.21. The predicted octanol–water partition coefficient (Wildman–Crippen LogP) is 1.18. The van der Waals surface area contributed by atoms with E-state index < -0.39 is 11.6 Å². The van der Waals surface area contributed by atoms with Crippen molar-refractivity contribution in [3.05, 3.63) is 34.9 Å². The molecule has 0 bridgehead atoms. The number of nitrogens with zero attached hydrogens (tertiary/aromatic N) is 1. The maximum absolute atomic E-state index is 12.7. The van der Waals surface area contributed by atoms with E-state index in [0.717, 1.165) is 12.1 Å². The molecule has 2 rings (SSSR count). The molecule has 0 radical (unpaired) electrons. The summed E-state index contributed by atoms with van der Waals surface area (Å²) in [6.07, 6.45) is 0. The minimum absolute atomic E-state index is 0.281. The zero-order chi connectivity index (χ0) is 8.72. The first-order chi connectivity index (χ1) is 5.68. The Morgan fingerprint density at radius 3 is 2.67 bits per heavy atom. The van der Waals surface area contributed by atoms with E-state index in [1.54, 1.807) is 0 Å². The summed E-state index contributed by atoms with van der Waals surface area (Å²) < 4.78 is 25.3. The molecule has 12 heavy (non-hydrogen) atoms. The van der Waals surface area contributed by atoms with Crippen molar-refractivity contribution in [2.45, 2.75) is 6.54 Å². The largest absolute Gasteiger partial charge is 0.383 e. The molecule has 1 aromatic rings. The number of aliphatic imine (C=N–C) groups is 1. The predicted molar refractivity (Wildman–Crippen MR) is 40.8 cm³/mol. The zero-order valence-corrected chi connectivity index (χ0v) is 6.14. The minimum atomic E-state index is -0.881. The first-order valence-corrected chi connectivity index (χ1v) is 3.46. The van der Waals surface area contributed by atoms with Crippen molar-refractivity contribution in [2.24, 2.45) is 10.7 Å². The Morgan fingerprint density at radius 2 is 1.92 bits per heavy atom. The molecule has 0 aliphatic carbocycles. The molecule has 0 fully saturated rings. The lowest BCUT2D eigenvalue weighted by molar-refractivity contribution is 0.507. The van der Waals surface area contributed by atoms with Crippen LogP contribution in [0.2, 0.25) is 0 Å². The van der Waals surface area contributed by atoms with Gasteiger partial charge in [0.2, 0.25) is 0 Å². The lowest BCUT2D eigenvalue weighted by atomic mass is 10.1. The van der Waals surface area contributed by atoms with Gasteiger partial charge in [-0.2, -0.15) is 0 Å². The SMILES string of the molecule is NC1=NCc2cc(F)c(F)cc21. The van der Waals surface area contributed by atoms with Gasteiger partial charge in [0, 0.05) is 5.56 Å². The number of halogens is 2. The van der Waals surface area contributed by atoms with E-state index in [1.807, 2.05) is 0 Å². The van der Waals surface area contributed by atoms with Gasteiger partial charge < -0.3 is 5.73 Å². The Hall–Kier alpha value is -1.45. The first kappa shape index (κ1) is 7.21. The molecule has 0 unspecified atom stereocenters. The van der Waals surface area contributed by atoms with Crippen molar-refractivity contribution in [3.8, 4) is 0 Å². The summed E-state index contributed by atoms with van der Waals surface area (Å²) >= 11 is 0. The average Bonchev–Trinajstić information content (AvgIpc) is 2.35.